The highest BCUT2D eigenvalue weighted by atomic mass is 35.5. The van der Waals surface area contributed by atoms with Crippen LogP contribution in [-0.4, -0.2) is 5.91 Å². The molecule has 3 rings (SSSR count). The largest absolute Gasteiger partial charge is 0.321 e. The predicted molar refractivity (Wildman–Crippen MR) is 74.4 cm³/mol. The van der Waals surface area contributed by atoms with Crippen LogP contribution in [0.25, 0.3) is 11.6 Å². The first-order valence-electron chi connectivity index (χ1n) is 5.72. The minimum absolute atomic E-state index is 0.207. The smallest absolute Gasteiger partial charge is 0.256 e. The molecule has 1 amide bonds. The van der Waals surface area contributed by atoms with E-state index in [9.17, 15) is 9.18 Å². The number of amides is 1. The molecule has 94 valence electrons. The van der Waals surface area contributed by atoms with Crippen LogP contribution in [0.3, 0.4) is 0 Å². The summed E-state index contributed by atoms with van der Waals surface area (Å²) in [5, 5.41) is 3.30. The molecule has 2 nitrogen and oxygen atoms in total. The van der Waals surface area contributed by atoms with E-state index in [-0.39, 0.29) is 11.7 Å². The number of carbonyl (C=O) groups excluding carboxylic acids is 1. The Balaban J connectivity index is 2.09. The maximum atomic E-state index is 13.1. The predicted octanol–water partition coefficient (Wildman–Crippen LogP) is 3.97. The zero-order valence-corrected chi connectivity index (χ0v) is 10.5. The van der Waals surface area contributed by atoms with Crippen LogP contribution in [0.15, 0.2) is 42.5 Å². The molecular formula is C15H9ClFNO. The van der Waals surface area contributed by atoms with Gasteiger partial charge in [-0.15, -0.1) is 0 Å². The summed E-state index contributed by atoms with van der Waals surface area (Å²) in [7, 11) is 0. The molecular weight excluding hydrogens is 265 g/mol. The van der Waals surface area contributed by atoms with Crippen LogP contribution < -0.4 is 5.32 Å². The molecule has 0 unspecified atom stereocenters. The van der Waals surface area contributed by atoms with E-state index in [1.165, 1.54) is 12.1 Å². The van der Waals surface area contributed by atoms with Crippen LogP contribution in [0, 0.1) is 5.82 Å². The standard InChI is InChI=1S/C15H9ClFNO/c16-10-4-5-12-13(15(19)18-14(12)8-10)7-9-2-1-3-11(17)6-9/h1-8H,(H,18,19). The van der Waals surface area contributed by atoms with Crippen molar-refractivity contribution in [3.05, 3.63) is 64.4 Å². The number of anilines is 1. The summed E-state index contributed by atoms with van der Waals surface area (Å²) < 4.78 is 13.1. The lowest BCUT2D eigenvalue weighted by Gasteiger charge is -1.99. The highest BCUT2D eigenvalue weighted by Gasteiger charge is 2.23. The second-order valence-electron chi connectivity index (χ2n) is 4.26. The molecule has 0 bridgehead atoms. The Bertz CT molecular complexity index is 709. The summed E-state index contributed by atoms with van der Waals surface area (Å²) in [4.78, 5) is 11.9. The van der Waals surface area contributed by atoms with Crippen molar-refractivity contribution < 1.29 is 9.18 Å². The molecule has 0 fully saturated rings. The Hall–Kier alpha value is -2.13. The molecule has 1 heterocycles. The van der Waals surface area contributed by atoms with Crippen LogP contribution in [0.4, 0.5) is 10.1 Å². The zero-order chi connectivity index (χ0) is 13.4. The molecule has 1 aliphatic heterocycles. The Kier molecular flexibility index (Phi) is 2.84. The summed E-state index contributed by atoms with van der Waals surface area (Å²) >= 11 is 5.88. The minimum atomic E-state index is -0.330. The number of halogens is 2. The monoisotopic (exact) mass is 273 g/mol. The average molecular weight is 274 g/mol. The molecule has 2 aromatic rings. The van der Waals surface area contributed by atoms with Crippen molar-refractivity contribution >= 4 is 34.8 Å². The van der Waals surface area contributed by atoms with Crippen molar-refractivity contribution in [2.45, 2.75) is 0 Å². The van der Waals surface area contributed by atoms with Gasteiger partial charge in [0.05, 0.1) is 5.69 Å². The van der Waals surface area contributed by atoms with Gasteiger partial charge in [-0.05, 0) is 35.9 Å². The molecule has 1 N–H and O–H groups in total. The first kappa shape index (κ1) is 11.9. The first-order chi connectivity index (χ1) is 9.13. The van der Waals surface area contributed by atoms with Crippen LogP contribution in [0.5, 0.6) is 0 Å². The van der Waals surface area contributed by atoms with Gasteiger partial charge in [0.2, 0.25) is 0 Å². The highest BCUT2D eigenvalue weighted by Crippen LogP contribution is 2.34. The normalized spacial score (nSPS) is 15.5. The fourth-order valence-electron chi connectivity index (χ4n) is 2.07. The van der Waals surface area contributed by atoms with E-state index >= 15 is 0 Å². The van der Waals surface area contributed by atoms with Gasteiger partial charge in [0.1, 0.15) is 5.82 Å². The lowest BCUT2D eigenvalue weighted by molar-refractivity contribution is -0.110. The van der Waals surface area contributed by atoms with E-state index in [2.05, 4.69) is 5.32 Å². The van der Waals surface area contributed by atoms with Crippen molar-refractivity contribution in [2.75, 3.05) is 5.32 Å². The van der Waals surface area contributed by atoms with Crippen molar-refractivity contribution in [1.82, 2.24) is 0 Å². The van der Waals surface area contributed by atoms with Gasteiger partial charge in [-0.25, -0.2) is 4.39 Å². The highest BCUT2D eigenvalue weighted by molar-refractivity contribution is 6.36. The molecule has 0 aliphatic carbocycles. The lowest BCUT2D eigenvalue weighted by Crippen LogP contribution is -2.03. The third-order valence-electron chi connectivity index (χ3n) is 2.92. The lowest BCUT2D eigenvalue weighted by atomic mass is 10.0. The Labute approximate surface area is 114 Å². The van der Waals surface area contributed by atoms with Crippen LogP contribution in [0.1, 0.15) is 11.1 Å². The Morgan fingerprint density at radius 2 is 2.00 bits per heavy atom. The maximum Gasteiger partial charge on any atom is 0.256 e. The number of hydrogen-bond acceptors (Lipinski definition) is 1. The van der Waals surface area contributed by atoms with Gasteiger partial charge >= 0.3 is 0 Å². The molecule has 19 heavy (non-hydrogen) atoms. The summed E-state index contributed by atoms with van der Waals surface area (Å²) in [6.45, 7) is 0. The fourth-order valence-corrected chi connectivity index (χ4v) is 2.25. The van der Waals surface area contributed by atoms with Crippen molar-refractivity contribution in [2.24, 2.45) is 0 Å². The number of benzene rings is 2. The summed E-state index contributed by atoms with van der Waals surface area (Å²) in [5.41, 5.74) is 2.61. The summed E-state index contributed by atoms with van der Waals surface area (Å²) in [5.74, 6) is -0.536. The van der Waals surface area contributed by atoms with Gasteiger partial charge in [-0.3, -0.25) is 4.79 Å². The number of nitrogens with one attached hydrogen (secondary N) is 1. The average Bonchev–Trinajstić information content (AvgIpc) is 2.65. The SMILES string of the molecule is O=C1Nc2cc(Cl)ccc2C1=Cc1cccc(F)c1. The third kappa shape index (κ3) is 2.25. The van der Waals surface area contributed by atoms with Crippen LogP contribution in [0.2, 0.25) is 5.02 Å². The number of rotatable bonds is 1. The first-order valence-corrected chi connectivity index (χ1v) is 6.10. The third-order valence-corrected chi connectivity index (χ3v) is 3.16. The molecule has 0 saturated heterocycles. The van der Waals surface area contributed by atoms with Crippen molar-refractivity contribution in [1.29, 1.82) is 0 Å². The molecule has 0 aromatic heterocycles. The van der Waals surface area contributed by atoms with Gasteiger partial charge in [0.15, 0.2) is 0 Å². The van der Waals surface area contributed by atoms with E-state index in [4.69, 9.17) is 11.6 Å². The van der Waals surface area contributed by atoms with Gasteiger partial charge < -0.3 is 5.32 Å². The van der Waals surface area contributed by atoms with Gasteiger partial charge in [0.25, 0.3) is 5.91 Å². The van der Waals surface area contributed by atoms with Crippen molar-refractivity contribution in [3.63, 3.8) is 0 Å². The number of carbonyl (C=O) groups is 1. The van der Waals surface area contributed by atoms with E-state index in [0.29, 0.717) is 21.8 Å². The molecule has 0 radical (unpaired) electrons. The molecule has 2 aromatic carbocycles. The maximum absolute atomic E-state index is 13.1. The topological polar surface area (TPSA) is 29.1 Å². The number of fused-ring (bicyclic) bond motifs is 1. The van der Waals surface area contributed by atoms with E-state index in [1.807, 2.05) is 0 Å². The summed E-state index contributed by atoms with van der Waals surface area (Å²) in [6, 6.07) is 11.3. The second-order valence-corrected chi connectivity index (χ2v) is 4.69. The minimum Gasteiger partial charge on any atom is -0.321 e. The van der Waals surface area contributed by atoms with E-state index in [0.717, 1.165) is 5.56 Å². The van der Waals surface area contributed by atoms with Gasteiger partial charge in [-0.1, -0.05) is 29.8 Å². The molecule has 0 atom stereocenters. The Morgan fingerprint density at radius 3 is 2.79 bits per heavy atom. The molecule has 1 aliphatic rings. The van der Waals surface area contributed by atoms with E-state index in [1.54, 1.807) is 36.4 Å². The molecule has 0 saturated carbocycles. The second kappa shape index (κ2) is 4.52. The quantitative estimate of drug-likeness (QED) is 0.783. The Morgan fingerprint density at radius 1 is 1.16 bits per heavy atom. The zero-order valence-electron chi connectivity index (χ0n) is 9.78. The van der Waals surface area contributed by atoms with E-state index < -0.39 is 0 Å². The van der Waals surface area contributed by atoms with Gasteiger partial charge in [0, 0.05) is 16.2 Å². The number of hydrogen-bond donors (Lipinski definition) is 1. The van der Waals surface area contributed by atoms with Gasteiger partial charge in [-0.2, -0.15) is 0 Å². The molecule has 0 spiro atoms. The van der Waals surface area contributed by atoms with Crippen LogP contribution in [-0.2, 0) is 4.79 Å². The van der Waals surface area contributed by atoms with Crippen LogP contribution >= 0.6 is 11.6 Å². The fraction of sp³-hybridized carbons (Fsp3) is 0. The summed E-state index contributed by atoms with van der Waals surface area (Å²) in [6.07, 6.45) is 1.66. The molecule has 4 heteroatoms. The van der Waals surface area contributed by atoms with Crippen molar-refractivity contribution in [3.8, 4) is 0 Å².